The van der Waals surface area contributed by atoms with Gasteiger partial charge in [0.05, 0.1) is 6.61 Å². The highest BCUT2D eigenvalue weighted by Crippen LogP contribution is 2.21. The maximum atomic E-state index is 5.22. The Labute approximate surface area is 111 Å². The maximum absolute atomic E-state index is 5.22. The fourth-order valence-corrected chi connectivity index (χ4v) is 2.11. The van der Waals surface area contributed by atoms with Gasteiger partial charge < -0.3 is 15.0 Å². The van der Waals surface area contributed by atoms with Gasteiger partial charge in [0, 0.05) is 32.4 Å². The van der Waals surface area contributed by atoms with E-state index in [-0.39, 0.29) is 0 Å². The SMILES string of the molecule is CNCc1ccccc1N(CCOC)CC(C)C. The van der Waals surface area contributed by atoms with Gasteiger partial charge in [-0.05, 0) is 24.6 Å². The third-order valence-corrected chi connectivity index (χ3v) is 2.85. The van der Waals surface area contributed by atoms with Crippen LogP contribution in [-0.2, 0) is 11.3 Å². The third-order valence-electron chi connectivity index (χ3n) is 2.85. The van der Waals surface area contributed by atoms with E-state index >= 15 is 0 Å². The molecule has 0 spiro atoms. The van der Waals surface area contributed by atoms with Crippen LogP contribution in [0.4, 0.5) is 5.69 Å². The minimum atomic E-state index is 0.643. The normalized spacial score (nSPS) is 10.9. The fraction of sp³-hybridized carbons (Fsp3) is 0.600. The second-order valence-electron chi connectivity index (χ2n) is 4.99. The van der Waals surface area contributed by atoms with E-state index in [1.54, 1.807) is 7.11 Å². The summed E-state index contributed by atoms with van der Waals surface area (Å²) in [5, 5.41) is 3.23. The van der Waals surface area contributed by atoms with Crippen molar-refractivity contribution in [3.8, 4) is 0 Å². The Morgan fingerprint density at radius 1 is 1.28 bits per heavy atom. The standard InChI is InChI=1S/C15H26N2O/c1-13(2)12-17(9-10-18-4)15-8-6-5-7-14(15)11-16-3/h5-8,13,16H,9-12H2,1-4H3. The van der Waals surface area contributed by atoms with E-state index < -0.39 is 0 Å². The first-order chi connectivity index (χ1) is 8.69. The summed E-state index contributed by atoms with van der Waals surface area (Å²) in [5.74, 6) is 0.643. The molecule has 0 unspecified atom stereocenters. The second-order valence-corrected chi connectivity index (χ2v) is 4.99. The number of para-hydroxylation sites is 1. The third kappa shape index (κ3) is 4.67. The molecule has 1 aromatic carbocycles. The Morgan fingerprint density at radius 2 is 2.00 bits per heavy atom. The number of hydrogen-bond donors (Lipinski definition) is 1. The summed E-state index contributed by atoms with van der Waals surface area (Å²) in [6.45, 7) is 8.17. The number of rotatable bonds is 8. The van der Waals surface area contributed by atoms with Crippen LogP contribution in [0.15, 0.2) is 24.3 Å². The first-order valence-electron chi connectivity index (χ1n) is 6.65. The molecule has 0 aliphatic rings. The summed E-state index contributed by atoms with van der Waals surface area (Å²) in [6, 6.07) is 8.59. The molecule has 3 heteroatoms. The number of hydrogen-bond acceptors (Lipinski definition) is 3. The highest BCUT2D eigenvalue weighted by molar-refractivity contribution is 5.53. The number of methoxy groups -OCH3 is 1. The largest absolute Gasteiger partial charge is 0.383 e. The number of nitrogens with zero attached hydrogens (tertiary/aromatic N) is 1. The van der Waals surface area contributed by atoms with Gasteiger partial charge in [-0.15, -0.1) is 0 Å². The molecule has 0 aliphatic heterocycles. The monoisotopic (exact) mass is 250 g/mol. The molecule has 0 radical (unpaired) electrons. The highest BCUT2D eigenvalue weighted by atomic mass is 16.5. The van der Waals surface area contributed by atoms with Crippen LogP contribution < -0.4 is 10.2 Å². The van der Waals surface area contributed by atoms with Crippen LogP contribution in [-0.4, -0.2) is 33.9 Å². The molecule has 0 atom stereocenters. The van der Waals surface area contributed by atoms with Gasteiger partial charge in [0.2, 0.25) is 0 Å². The van der Waals surface area contributed by atoms with E-state index in [1.165, 1.54) is 11.3 Å². The second kappa shape index (κ2) is 8.11. The van der Waals surface area contributed by atoms with Gasteiger partial charge in [-0.3, -0.25) is 0 Å². The highest BCUT2D eigenvalue weighted by Gasteiger charge is 2.11. The summed E-state index contributed by atoms with van der Waals surface area (Å²) in [4.78, 5) is 2.42. The van der Waals surface area contributed by atoms with E-state index in [4.69, 9.17) is 4.74 Å². The average molecular weight is 250 g/mol. The van der Waals surface area contributed by atoms with Crippen LogP contribution in [0.1, 0.15) is 19.4 Å². The van der Waals surface area contributed by atoms with Crippen molar-refractivity contribution in [3.63, 3.8) is 0 Å². The lowest BCUT2D eigenvalue weighted by atomic mass is 10.1. The molecule has 0 aromatic heterocycles. The molecule has 1 rings (SSSR count). The molecule has 0 heterocycles. The van der Waals surface area contributed by atoms with Crippen molar-refractivity contribution in [1.82, 2.24) is 5.32 Å². The molecule has 1 N–H and O–H groups in total. The number of anilines is 1. The van der Waals surface area contributed by atoms with Crippen molar-refractivity contribution in [2.24, 2.45) is 5.92 Å². The summed E-state index contributed by atoms with van der Waals surface area (Å²) in [7, 11) is 3.74. The quantitative estimate of drug-likeness (QED) is 0.767. The van der Waals surface area contributed by atoms with Crippen LogP contribution in [0.3, 0.4) is 0 Å². The molecule has 0 saturated carbocycles. The summed E-state index contributed by atoms with van der Waals surface area (Å²) in [5.41, 5.74) is 2.66. The summed E-state index contributed by atoms with van der Waals surface area (Å²) in [6.07, 6.45) is 0. The Hall–Kier alpha value is -1.06. The minimum absolute atomic E-state index is 0.643. The molecule has 0 aliphatic carbocycles. The molecule has 1 aromatic rings. The zero-order valence-corrected chi connectivity index (χ0v) is 12.1. The van der Waals surface area contributed by atoms with Crippen molar-refractivity contribution in [3.05, 3.63) is 29.8 Å². The van der Waals surface area contributed by atoms with Crippen LogP contribution in [0, 0.1) is 5.92 Å². The zero-order chi connectivity index (χ0) is 13.4. The molecule has 18 heavy (non-hydrogen) atoms. The fourth-order valence-electron chi connectivity index (χ4n) is 2.11. The van der Waals surface area contributed by atoms with Crippen LogP contribution in [0.2, 0.25) is 0 Å². The topological polar surface area (TPSA) is 24.5 Å². The number of ether oxygens (including phenoxy) is 1. The summed E-state index contributed by atoms with van der Waals surface area (Å²) < 4.78 is 5.22. The van der Waals surface area contributed by atoms with Crippen LogP contribution in [0.5, 0.6) is 0 Å². The van der Waals surface area contributed by atoms with Crippen LogP contribution >= 0.6 is 0 Å². The molecule has 0 fully saturated rings. The van der Waals surface area contributed by atoms with Gasteiger partial charge in [-0.25, -0.2) is 0 Å². The van der Waals surface area contributed by atoms with Gasteiger partial charge in [0.15, 0.2) is 0 Å². The van der Waals surface area contributed by atoms with Gasteiger partial charge >= 0.3 is 0 Å². The predicted molar refractivity (Wildman–Crippen MR) is 78.1 cm³/mol. The number of nitrogens with one attached hydrogen (secondary N) is 1. The van der Waals surface area contributed by atoms with Gasteiger partial charge in [0.25, 0.3) is 0 Å². The minimum Gasteiger partial charge on any atom is -0.383 e. The zero-order valence-electron chi connectivity index (χ0n) is 12.1. The molecule has 0 amide bonds. The molecular formula is C15H26N2O. The van der Waals surface area contributed by atoms with Crippen molar-refractivity contribution in [1.29, 1.82) is 0 Å². The molecule has 0 saturated heterocycles. The lowest BCUT2D eigenvalue weighted by Gasteiger charge is -2.28. The Balaban J connectivity index is 2.88. The molecular weight excluding hydrogens is 224 g/mol. The Bertz CT molecular complexity index is 339. The lowest BCUT2D eigenvalue weighted by molar-refractivity contribution is 0.204. The van der Waals surface area contributed by atoms with Crippen molar-refractivity contribution >= 4 is 5.69 Å². The van der Waals surface area contributed by atoms with E-state index in [9.17, 15) is 0 Å². The van der Waals surface area contributed by atoms with Gasteiger partial charge in [0.1, 0.15) is 0 Å². The van der Waals surface area contributed by atoms with E-state index in [2.05, 4.69) is 48.3 Å². The molecule has 0 bridgehead atoms. The van der Waals surface area contributed by atoms with E-state index in [0.29, 0.717) is 5.92 Å². The lowest BCUT2D eigenvalue weighted by Crippen LogP contribution is -2.32. The van der Waals surface area contributed by atoms with E-state index in [0.717, 1.165) is 26.2 Å². The summed E-state index contributed by atoms with van der Waals surface area (Å²) >= 11 is 0. The first-order valence-corrected chi connectivity index (χ1v) is 6.65. The van der Waals surface area contributed by atoms with Gasteiger partial charge in [-0.2, -0.15) is 0 Å². The van der Waals surface area contributed by atoms with Crippen molar-refractivity contribution in [2.75, 3.05) is 38.8 Å². The maximum Gasteiger partial charge on any atom is 0.0637 e. The first kappa shape index (κ1) is 15.0. The smallest absolute Gasteiger partial charge is 0.0637 e. The van der Waals surface area contributed by atoms with Gasteiger partial charge in [-0.1, -0.05) is 32.0 Å². The van der Waals surface area contributed by atoms with Crippen molar-refractivity contribution < 1.29 is 4.74 Å². The van der Waals surface area contributed by atoms with Crippen LogP contribution in [0.25, 0.3) is 0 Å². The van der Waals surface area contributed by atoms with E-state index in [1.807, 2.05) is 7.05 Å². The predicted octanol–water partition coefficient (Wildman–Crippen LogP) is 2.51. The number of benzene rings is 1. The molecule has 102 valence electrons. The average Bonchev–Trinajstić information content (AvgIpc) is 2.35. The van der Waals surface area contributed by atoms with Crippen molar-refractivity contribution in [2.45, 2.75) is 20.4 Å². The molecule has 3 nitrogen and oxygen atoms in total. The Morgan fingerprint density at radius 3 is 2.61 bits per heavy atom. The Kier molecular flexibility index (Phi) is 6.76.